The number of likely N-dealkylation sites (tertiary alicyclic amines) is 1. The van der Waals surface area contributed by atoms with E-state index in [0.29, 0.717) is 18.3 Å². The van der Waals surface area contributed by atoms with Crippen LogP contribution < -0.4 is 10.6 Å². The first kappa shape index (κ1) is 25.4. The smallest absolute Gasteiger partial charge is 0.305 e. The molecule has 3 N–H and O–H groups in total. The largest absolute Gasteiger partial charge is 0.481 e. The standard InChI is InChI=1S/C25H33N3O6/c1-14-7-5-6-8-18(14)22(32)27-21(25(2,3)4)24(34)28-17-10-9-15(11-17)20(28)23(33)26-16(13-29)12-19(30)31/h5-8,13,15-17,20-21H,9-12H2,1-4H3,(H,26,33)(H,27,32)(H,30,31). The number of amides is 3. The van der Waals surface area contributed by atoms with E-state index in [4.69, 9.17) is 5.11 Å². The van der Waals surface area contributed by atoms with Gasteiger partial charge in [0.1, 0.15) is 18.4 Å². The summed E-state index contributed by atoms with van der Waals surface area (Å²) in [5.74, 6) is -2.51. The molecule has 1 aliphatic carbocycles. The van der Waals surface area contributed by atoms with Gasteiger partial charge in [-0.15, -0.1) is 0 Å². The Morgan fingerprint density at radius 1 is 1.15 bits per heavy atom. The number of nitrogens with zero attached hydrogens (tertiary/aromatic N) is 1. The zero-order valence-corrected chi connectivity index (χ0v) is 20.0. The van der Waals surface area contributed by atoms with Crippen molar-refractivity contribution in [2.75, 3.05) is 0 Å². The molecule has 0 radical (unpaired) electrons. The predicted octanol–water partition coefficient (Wildman–Crippen LogP) is 1.68. The highest BCUT2D eigenvalue weighted by Crippen LogP contribution is 2.43. The normalized spacial score (nSPS) is 23.2. The Labute approximate surface area is 199 Å². The Bertz CT molecular complexity index is 985. The van der Waals surface area contributed by atoms with Crippen LogP contribution in [0.2, 0.25) is 0 Å². The lowest BCUT2D eigenvalue weighted by atomic mass is 9.84. The van der Waals surface area contributed by atoms with Crippen LogP contribution in [0.4, 0.5) is 0 Å². The molecule has 9 heteroatoms. The zero-order valence-electron chi connectivity index (χ0n) is 20.0. The topological polar surface area (TPSA) is 133 Å². The van der Waals surface area contributed by atoms with Crippen molar-refractivity contribution in [3.8, 4) is 0 Å². The van der Waals surface area contributed by atoms with Gasteiger partial charge in [-0.1, -0.05) is 39.0 Å². The molecular weight excluding hydrogens is 438 g/mol. The fourth-order valence-electron chi connectivity index (χ4n) is 5.07. The lowest BCUT2D eigenvalue weighted by Crippen LogP contribution is -2.61. The molecule has 3 amide bonds. The zero-order chi connectivity index (χ0) is 25.2. The maximum Gasteiger partial charge on any atom is 0.305 e. The predicted molar refractivity (Wildman–Crippen MR) is 124 cm³/mol. The van der Waals surface area contributed by atoms with Crippen LogP contribution in [0.5, 0.6) is 0 Å². The number of fused-ring (bicyclic) bond motifs is 2. The third-order valence-corrected chi connectivity index (χ3v) is 6.77. The van der Waals surface area contributed by atoms with Crippen LogP contribution in [0, 0.1) is 18.3 Å². The summed E-state index contributed by atoms with van der Waals surface area (Å²) >= 11 is 0. The van der Waals surface area contributed by atoms with Crippen molar-refractivity contribution in [3.05, 3.63) is 35.4 Å². The SMILES string of the molecule is Cc1ccccc1C(=O)NC(C(=O)N1C2CCC(C2)C1C(=O)NC(C=O)CC(=O)O)C(C)(C)C. The first-order chi connectivity index (χ1) is 15.9. The molecule has 1 heterocycles. The number of piperidine rings is 1. The van der Waals surface area contributed by atoms with Gasteiger partial charge in [0.05, 0.1) is 12.5 Å². The van der Waals surface area contributed by atoms with Gasteiger partial charge in [0.15, 0.2) is 0 Å². The lowest BCUT2D eigenvalue weighted by molar-refractivity contribution is -0.147. The highest BCUT2D eigenvalue weighted by Gasteiger charge is 2.53. The number of carboxylic acid groups (broad SMARTS) is 1. The molecule has 2 fully saturated rings. The molecule has 5 atom stereocenters. The number of benzene rings is 1. The van der Waals surface area contributed by atoms with E-state index in [1.165, 1.54) is 0 Å². The molecule has 184 valence electrons. The first-order valence-corrected chi connectivity index (χ1v) is 11.6. The molecule has 1 saturated carbocycles. The van der Waals surface area contributed by atoms with Crippen molar-refractivity contribution in [2.45, 2.75) is 77.5 Å². The van der Waals surface area contributed by atoms with Crippen molar-refractivity contribution in [1.29, 1.82) is 0 Å². The van der Waals surface area contributed by atoms with Gasteiger partial charge in [0.2, 0.25) is 11.8 Å². The maximum atomic E-state index is 13.8. The van der Waals surface area contributed by atoms with Gasteiger partial charge in [-0.3, -0.25) is 19.2 Å². The second-order valence-electron chi connectivity index (χ2n) is 10.4. The van der Waals surface area contributed by atoms with Gasteiger partial charge in [0, 0.05) is 11.6 Å². The Balaban J connectivity index is 1.85. The van der Waals surface area contributed by atoms with Crippen molar-refractivity contribution in [2.24, 2.45) is 11.3 Å². The number of carbonyl (C=O) groups excluding carboxylic acids is 4. The van der Waals surface area contributed by atoms with Gasteiger partial charge in [-0.2, -0.15) is 0 Å². The molecule has 1 aromatic rings. The molecule has 1 aliphatic heterocycles. The van der Waals surface area contributed by atoms with Crippen molar-refractivity contribution >= 4 is 30.0 Å². The number of hydrogen-bond acceptors (Lipinski definition) is 5. The van der Waals surface area contributed by atoms with Crippen molar-refractivity contribution in [3.63, 3.8) is 0 Å². The third kappa shape index (κ3) is 5.29. The van der Waals surface area contributed by atoms with E-state index in [0.717, 1.165) is 18.4 Å². The first-order valence-electron chi connectivity index (χ1n) is 11.6. The highest BCUT2D eigenvalue weighted by atomic mass is 16.4. The lowest BCUT2D eigenvalue weighted by Gasteiger charge is -2.40. The van der Waals surface area contributed by atoms with Crippen molar-refractivity contribution in [1.82, 2.24) is 15.5 Å². The molecule has 0 aromatic heterocycles. The second kappa shape index (κ2) is 9.95. The minimum Gasteiger partial charge on any atom is -0.481 e. The number of aldehydes is 1. The second-order valence-corrected chi connectivity index (χ2v) is 10.4. The summed E-state index contributed by atoms with van der Waals surface area (Å²) in [6.07, 6.45) is 2.06. The summed E-state index contributed by atoms with van der Waals surface area (Å²) in [4.78, 5) is 63.9. The number of hydrogen-bond donors (Lipinski definition) is 3. The fraction of sp³-hybridized carbons (Fsp3) is 0.560. The van der Waals surface area contributed by atoms with Gasteiger partial charge in [-0.25, -0.2) is 0 Å². The van der Waals surface area contributed by atoms with E-state index >= 15 is 0 Å². The summed E-state index contributed by atoms with van der Waals surface area (Å²) in [6.45, 7) is 7.38. The molecule has 5 unspecified atom stereocenters. The monoisotopic (exact) mass is 471 g/mol. The molecule has 3 rings (SSSR count). The van der Waals surface area contributed by atoms with Gasteiger partial charge in [0.25, 0.3) is 5.91 Å². The molecule has 1 saturated heterocycles. The number of aliphatic carboxylic acids is 1. The van der Waals surface area contributed by atoms with Crippen LogP contribution in [0.3, 0.4) is 0 Å². The van der Waals surface area contributed by atoms with E-state index in [9.17, 15) is 24.0 Å². The molecular formula is C25H33N3O6. The third-order valence-electron chi connectivity index (χ3n) is 6.77. The molecule has 2 bridgehead atoms. The summed E-state index contributed by atoms with van der Waals surface area (Å²) in [6, 6.07) is 4.13. The molecule has 0 spiro atoms. The number of carboxylic acids is 1. The maximum absolute atomic E-state index is 13.8. The van der Waals surface area contributed by atoms with Crippen molar-refractivity contribution < 1.29 is 29.1 Å². The van der Waals surface area contributed by atoms with Crippen LogP contribution in [-0.4, -0.2) is 64.2 Å². The van der Waals surface area contributed by atoms with Gasteiger partial charge < -0.3 is 25.4 Å². The molecule has 9 nitrogen and oxygen atoms in total. The van der Waals surface area contributed by atoms with E-state index in [1.807, 2.05) is 39.8 Å². The fourth-order valence-corrected chi connectivity index (χ4v) is 5.07. The number of aryl methyl sites for hydroxylation is 1. The number of nitrogens with one attached hydrogen (secondary N) is 2. The van der Waals surface area contributed by atoms with Gasteiger partial charge in [-0.05, 0) is 49.1 Å². The summed E-state index contributed by atoms with van der Waals surface area (Å²) in [5, 5.41) is 14.4. The molecule has 2 aliphatic rings. The number of carbonyl (C=O) groups is 5. The van der Waals surface area contributed by atoms with Crippen LogP contribution in [0.25, 0.3) is 0 Å². The van der Waals surface area contributed by atoms with Crippen LogP contribution in [0.1, 0.15) is 62.4 Å². The summed E-state index contributed by atoms with van der Waals surface area (Å²) in [7, 11) is 0. The Morgan fingerprint density at radius 2 is 1.82 bits per heavy atom. The van der Waals surface area contributed by atoms with Crippen LogP contribution in [-0.2, 0) is 19.2 Å². The summed E-state index contributed by atoms with van der Waals surface area (Å²) < 4.78 is 0. The minimum atomic E-state index is -1.20. The highest BCUT2D eigenvalue weighted by molar-refractivity contribution is 6.00. The Morgan fingerprint density at radius 3 is 2.41 bits per heavy atom. The van der Waals surface area contributed by atoms with E-state index in [2.05, 4.69) is 10.6 Å². The minimum absolute atomic E-state index is 0.0706. The average Bonchev–Trinajstić information content (AvgIpc) is 3.37. The average molecular weight is 472 g/mol. The molecule has 1 aromatic carbocycles. The number of rotatable bonds is 8. The van der Waals surface area contributed by atoms with E-state index in [-0.39, 0.29) is 23.8 Å². The Kier molecular flexibility index (Phi) is 7.43. The quantitative estimate of drug-likeness (QED) is 0.494. The summed E-state index contributed by atoms with van der Waals surface area (Å²) in [5.41, 5.74) is 0.632. The van der Waals surface area contributed by atoms with E-state index in [1.54, 1.807) is 17.0 Å². The van der Waals surface area contributed by atoms with E-state index < -0.39 is 41.8 Å². The van der Waals surface area contributed by atoms with Crippen LogP contribution >= 0.6 is 0 Å². The van der Waals surface area contributed by atoms with Crippen LogP contribution in [0.15, 0.2) is 24.3 Å². The van der Waals surface area contributed by atoms with Gasteiger partial charge >= 0.3 is 5.97 Å². The Hall–Kier alpha value is -3.23. The molecule has 34 heavy (non-hydrogen) atoms.